The van der Waals surface area contributed by atoms with E-state index in [1.165, 1.54) is 17.8 Å². The number of aryl methyl sites for hydroxylation is 2. The molecule has 0 amide bonds. The van der Waals surface area contributed by atoms with Crippen molar-refractivity contribution in [2.45, 2.75) is 19.4 Å². The van der Waals surface area contributed by atoms with Crippen LogP contribution in [0.1, 0.15) is 11.1 Å². The van der Waals surface area contributed by atoms with Gasteiger partial charge in [0.15, 0.2) is 0 Å². The molecule has 0 saturated heterocycles. The zero-order chi connectivity index (χ0) is 17.3. The molecular weight excluding hydrogens is 298 g/mol. The fraction of sp³-hybridized carbons (Fsp3) is 0.312. The van der Waals surface area contributed by atoms with Crippen LogP contribution in [0.4, 0.5) is 0 Å². The van der Waals surface area contributed by atoms with Crippen molar-refractivity contribution in [3.8, 4) is 11.1 Å². The lowest BCUT2D eigenvalue weighted by atomic mass is 9.97. The average Bonchev–Trinajstić information content (AvgIpc) is 2.49. The van der Waals surface area contributed by atoms with E-state index in [9.17, 15) is 14.4 Å². The summed E-state index contributed by atoms with van der Waals surface area (Å²) in [7, 11) is 3.02. The molecule has 7 heteroatoms. The number of hydrogen-bond donors (Lipinski definition) is 2. The summed E-state index contributed by atoms with van der Waals surface area (Å²) in [6.07, 6.45) is 1.72. The maximum atomic E-state index is 12.3. The summed E-state index contributed by atoms with van der Waals surface area (Å²) >= 11 is 0. The molecule has 1 aromatic carbocycles. The Morgan fingerprint density at radius 2 is 1.91 bits per heavy atom. The Bertz CT molecular complexity index is 880. The molecule has 0 fully saturated rings. The molecule has 0 bridgehead atoms. The molecule has 3 N–H and O–H groups in total. The second-order valence-electron chi connectivity index (χ2n) is 5.60. The lowest BCUT2D eigenvalue weighted by Crippen LogP contribution is -2.37. The van der Waals surface area contributed by atoms with E-state index in [0.29, 0.717) is 11.1 Å². The minimum absolute atomic E-state index is 0.210. The van der Waals surface area contributed by atoms with Gasteiger partial charge in [0.25, 0.3) is 5.56 Å². The zero-order valence-corrected chi connectivity index (χ0v) is 13.2. The molecule has 0 radical (unpaired) electrons. The van der Waals surface area contributed by atoms with E-state index < -0.39 is 12.0 Å². The number of carboxylic acids is 1. The minimum Gasteiger partial charge on any atom is -0.480 e. The Morgan fingerprint density at radius 1 is 1.26 bits per heavy atom. The normalized spacial score (nSPS) is 12.2. The monoisotopic (exact) mass is 317 g/mol. The molecule has 0 unspecified atom stereocenters. The topological polar surface area (TPSA) is 107 Å². The summed E-state index contributed by atoms with van der Waals surface area (Å²) in [6, 6.07) is 4.34. The number of hydrogen-bond acceptors (Lipinski definition) is 4. The highest BCUT2D eigenvalue weighted by molar-refractivity contribution is 5.73. The van der Waals surface area contributed by atoms with E-state index in [1.807, 2.05) is 13.0 Å². The highest BCUT2D eigenvalue weighted by Crippen LogP contribution is 2.21. The first-order valence-corrected chi connectivity index (χ1v) is 7.07. The first-order chi connectivity index (χ1) is 10.7. The lowest BCUT2D eigenvalue weighted by Gasteiger charge is -2.12. The van der Waals surface area contributed by atoms with Crippen LogP contribution in [0.5, 0.6) is 0 Å². The third-order valence-corrected chi connectivity index (χ3v) is 3.80. The summed E-state index contributed by atoms with van der Waals surface area (Å²) in [4.78, 5) is 34.9. The van der Waals surface area contributed by atoms with Gasteiger partial charge in [-0.3, -0.25) is 14.2 Å². The molecule has 122 valence electrons. The number of aromatic nitrogens is 2. The van der Waals surface area contributed by atoms with Crippen LogP contribution >= 0.6 is 0 Å². The van der Waals surface area contributed by atoms with Crippen molar-refractivity contribution in [3.05, 3.63) is 56.4 Å². The van der Waals surface area contributed by atoms with E-state index in [4.69, 9.17) is 10.8 Å². The smallest absolute Gasteiger partial charge is 0.330 e. The molecule has 1 heterocycles. The Labute approximate surface area is 132 Å². The first kappa shape index (κ1) is 16.7. The highest BCUT2D eigenvalue weighted by Gasteiger charge is 2.15. The van der Waals surface area contributed by atoms with Gasteiger partial charge in [-0.25, -0.2) is 4.79 Å². The van der Waals surface area contributed by atoms with Crippen LogP contribution in [0.2, 0.25) is 0 Å². The molecule has 23 heavy (non-hydrogen) atoms. The van der Waals surface area contributed by atoms with Gasteiger partial charge < -0.3 is 15.4 Å². The summed E-state index contributed by atoms with van der Waals surface area (Å²) in [6.45, 7) is 1.83. The van der Waals surface area contributed by atoms with Gasteiger partial charge in [-0.2, -0.15) is 0 Å². The molecule has 2 aromatic rings. The maximum absolute atomic E-state index is 12.3. The molecule has 0 aliphatic carbocycles. The van der Waals surface area contributed by atoms with Crippen LogP contribution in [0.3, 0.4) is 0 Å². The Hall–Kier alpha value is -2.67. The third kappa shape index (κ3) is 3.24. The molecule has 0 saturated carbocycles. The third-order valence-electron chi connectivity index (χ3n) is 3.80. The van der Waals surface area contributed by atoms with Gasteiger partial charge in [-0.05, 0) is 30.0 Å². The number of rotatable bonds is 4. The lowest BCUT2D eigenvalue weighted by molar-refractivity contribution is -0.138. The number of aliphatic carboxylic acids is 1. The van der Waals surface area contributed by atoms with Crippen LogP contribution in [-0.2, 0) is 25.3 Å². The van der Waals surface area contributed by atoms with Crippen molar-refractivity contribution in [2.75, 3.05) is 0 Å². The summed E-state index contributed by atoms with van der Waals surface area (Å²) < 4.78 is 2.41. The molecular formula is C16H19N3O4. The van der Waals surface area contributed by atoms with Crippen LogP contribution in [0.15, 0.2) is 34.0 Å². The predicted molar refractivity (Wildman–Crippen MR) is 86.4 cm³/mol. The quantitative estimate of drug-likeness (QED) is 0.826. The standard InChI is InChI=1S/C16H19N3O4/c1-9-6-10(7-13(17)15(21)22)4-5-11(9)12-8-18(2)16(23)19(3)14(12)20/h4-6,8,13H,7,17H2,1-3H3,(H,21,22)/t13-/m0/s1. The largest absolute Gasteiger partial charge is 0.480 e. The average molecular weight is 317 g/mol. The van der Waals surface area contributed by atoms with E-state index in [0.717, 1.165) is 15.7 Å². The molecule has 1 aromatic heterocycles. The SMILES string of the molecule is Cc1cc(C[C@H](N)C(=O)O)ccc1-c1cn(C)c(=O)n(C)c1=O. The Morgan fingerprint density at radius 3 is 2.48 bits per heavy atom. The van der Waals surface area contributed by atoms with Crippen molar-refractivity contribution in [1.29, 1.82) is 0 Å². The van der Waals surface area contributed by atoms with Crippen molar-refractivity contribution >= 4 is 5.97 Å². The zero-order valence-electron chi connectivity index (χ0n) is 13.2. The maximum Gasteiger partial charge on any atom is 0.330 e. The van der Waals surface area contributed by atoms with Crippen molar-refractivity contribution < 1.29 is 9.90 Å². The second kappa shape index (κ2) is 6.21. The van der Waals surface area contributed by atoms with Crippen LogP contribution in [0, 0.1) is 6.92 Å². The predicted octanol–water partition coefficient (Wildman–Crippen LogP) is 0.0138. The molecule has 0 aliphatic heterocycles. The van der Waals surface area contributed by atoms with Crippen molar-refractivity contribution in [2.24, 2.45) is 19.8 Å². The second-order valence-corrected chi connectivity index (χ2v) is 5.60. The fourth-order valence-electron chi connectivity index (χ4n) is 2.49. The molecule has 2 rings (SSSR count). The summed E-state index contributed by atoms with van der Waals surface area (Å²) in [5, 5.41) is 8.87. The van der Waals surface area contributed by atoms with Crippen LogP contribution in [-0.4, -0.2) is 26.3 Å². The number of nitrogens with zero attached hydrogens (tertiary/aromatic N) is 2. The Balaban J connectivity index is 2.49. The minimum atomic E-state index is -1.06. The first-order valence-electron chi connectivity index (χ1n) is 7.07. The van der Waals surface area contributed by atoms with Crippen molar-refractivity contribution in [3.63, 3.8) is 0 Å². The summed E-state index contributed by atoms with van der Waals surface area (Å²) in [5.41, 5.74) is 7.50. The fourth-order valence-corrected chi connectivity index (χ4v) is 2.49. The van der Waals surface area contributed by atoms with Gasteiger partial charge in [0.2, 0.25) is 0 Å². The van der Waals surface area contributed by atoms with E-state index >= 15 is 0 Å². The number of nitrogens with two attached hydrogens (primary N) is 1. The van der Waals surface area contributed by atoms with Gasteiger partial charge in [0, 0.05) is 20.3 Å². The summed E-state index contributed by atoms with van der Waals surface area (Å²) in [5.74, 6) is -1.06. The number of carboxylic acid groups (broad SMARTS) is 1. The Kier molecular flexibility index (Phi) is 4.51. The molecule has 7 nitrogen and oxygen atoms in total. The van der Waals surface area contributed by atoms with Gasteiger partial charge in [-0.15, -0.1) is 0 Å². The van der Waals surface area contributed by atoms with Gasteiger partial charge in [0.1, 0.15) is 6.04 Å². The molecule has 0 spiro atoms. The number of carbonyl (C=O) groups is 1. The van der Waals surface area contributed by atoms with Crippen LogP contribution in [0.25, 0.3) is 11.1 Å². The number of benzene rings is 1. The highest BCUT2D eigenvalue weighted by atomic mass is 16.4. The van der Waals surface area contributed by atoms with Gasteiger partial charge in [0.05, 0.1) is 5.56 Å². The van der Waals surface area contributed by atoms with E-state index in [2.05, 4.69) is 0 Å². The van der Waals surface area contributed by atoms with Gasteiger partial charge in [-0.1, -0.05) is 18.2 Å². The van der Waals surface area contributed by atoms with Crippen LogP contribution < -0.4 is 17.0 Å². The van der Waals surface area contributed by atoms with E-state index in [-0.39, 0.29) is 17.7 Å². The van der Waals surface area contributed by atoms with Gasteiger partial charge >= 0.3 is 11.7 Å². The molecule has 1 atom stereocenters. The molecule has 0 aliphatic rings. The van der Waals surface area contributed by atoms with Crippen molar-refractivity contribution in [1.82, 2.24) is 9.13 Å². The van der Waals surface area contributed by atoms with E-state index in [1.54, 1.807) is 19.2 Å².